The summed E-state index contributed by atoms with van der Waals surface area (Å²) in [5.74, 6) is -1.30. The van der Waals surface area contributed by atoms with Crippen molar-refractivity contribution in [3.63, 3.8) is 0 Å². The second-order valence-electron chi connectivity index (χ2n) is 5.79. The van der Waals surface area contributed by atoms with Crippen LogP contribution in [-0.2, 0) is 18.3 Å². The molecule has 0 saturated carbocycles. The van der Waals surface area contributed by atoms with Gasteiger partial charge in [-0.05, 0) is 17.5 Å². The van der Waals surface area contributed by atoms with Crippen molar-refractivity contribution < 1.29 is 14.7 Å². The summed E-state index contributed by atoms with van der Waals surface area (Å²) >= 11 is 0. The minimum absolute atomic E-state index is 0.197. The molecule has 0 spiro atoms. The highest BCUT2D eigenvalue weighted by Crippen LogP contribution is 2.14. The molecule has 6 nitrogen and oxygen atoms in total. The van der Waals surface area contributed by atoms with Gasteiger partial charge in [0.05, 0.1) is 5.69 Å². The van der Waals surface area contributed by atoms with Gasteiger partial charge in [0.15, 0.2) is 0 Å². The van der Waals surface area contributed by atoms with Crippen LogP contribution in [0.25, 0.3) is 0 Å². The number of hydrogen-bond donors (Lipinski definition) is 2. The van der Waals surface area contributed by atoms with Gasteiger partial charge in [0.1, 0.15) is 11.7 Å². The van der Waals surface area contributed by atoms with Gasteiger partial charge in [0.2, 0.25) is 0 Å². The summed E-state index contributed by atoms with van der Waals surface area (Å²) < 4.78 is 1.48. The Balaban J connectivity index is 2.13. The highest BCUT2D eigenvalue weighted by atomic mass is 16.4. The van der Waals surface area contributed by atoms with Gasteiger partial charge in [-0.3, -0.25) is 9.48 Å². The predicted octanol–water partition coefficient (Wildman–Crippen LogP) is 1.97. The minimum atomic E-state index is -1.06. The molecule has 122 valence electrons. The van der Waals surface area contributed by atoms with E-state index in [-0.39, 0.29) is 12.3 Å². The number of aliphatic carboxylic acids is 1. The van der Waals surface area contributed by atoms with Crippen molar-refractivity contribution in [3.8, 4) is 0 Å². The SMILES string of the molecule is CC(C)c1cc(C(=O)NC(Cc2ccccc2)C(=O)O)n(C)n1. The zero-order chi connectivity index (χ0) is 17.0. The molecule has 6 heteroatoms. The fraction of sp³-hybridized carbons (Fsp3) is 0.353. The molecule has 2 N–H and O–H groups in total. The summed E-state index contributed by atoms with van der Waals surface area (Å²) in [6, 6.07) is 9.93. The van der Waals surface area contributed by atoms with E-state index in [2.05, 4.69) is 10.4 Å². The molecule has 0 radical (unpaired) electrons. The molecule has 0 aliphatic rings. The largest absolute Gasteiger partial charge is 0.480 e. The van der Waals surface area contributed by atoms with E-state index < -0.39 is 17.9 Å². The molecule has 1 amide bonds. The van der Waals surface area contributed by atoms with Gasteiger partial charge in [-0.25, -0.2) is 4.79 Å². The zero-order valence-electron chi connectivity index (χ0n) is 13.5. The number of nitrogens with one attached hydrogen (secondary N) is 1. The lowest BCUT2D eigenvalue weighted by molar-refractivity contribution is -0.139. The van der Waals surface area contributed by atoms with Crippen LogP contribution in [0.1, 0.15) is 41.5 Å². The van der Waals surface area contributed by atoms with Crippen molar-refractivity contribution in [1.82, 2.24) is 15.1 Å². The van der Waals surface area contributed by atoms with Crippen LogP contribution >= 0.6 is 0 Å². The number of aromatic nitrogens is 2. The van der Waals surface area contributed by atoms with Gasteiger partial charge in [0, 0.05) is 13.5 Å². The second-order valence-corrected chi connectivity index (χ2v) is 5.79. The molecule has 1 aromatic heterocycles. The quantitative estimate of drug-likeness (QED) is 0.853. The van der Waals surface area contributed by atoms with E-state index in [1.165, 1.54) is 4.68 Å². The monoisotopic (exact) mass is 315 g/mol. The lowest BCUT2D eigenvalue weighted by Gasteiger charge is -2.14. The maximum Gasteiger partial charge on any atom is 0.326 e. The molecule has 0 aliphatic heterocycles. The highest BCUT2D eigenvalue weighted by Gasteiger charge is 2.23. The third-order valence-corrected chi connectivity index (χ3v) is 3.61. The Morgan fingerprint density at radius 2 is 1.91 bits per heavy atom. The first kappa shape index (κ1) is 16.7. The first-order chi connectivity index (χ1) is 10.9. The van der Waals surface area contributed by atoms with Crippen LogP contribution in [0.2, 0.25) is 0 Å². The summed E-state index contributed by atoms with van der Waals surface area (Å²) in [6.07, 6.45) is 0.233. The van der Waals surface area contributed by atoms with Crippen LogP contribution in [0, 0.1) is 0 Å². The normalized spacial score (nSPS) is 12.2. The molecule has 2 rings (SSSR count). The minimum Gasteiger partial charge on any atom is -0.480 e. The fourth-order valence-corrected chi connectivity index (χ4v) is 2.27. The van der Waals surface area contributed by atoms with Crippen molar-refractivity contribution in [2.24, 2.45) is 7.05 Å². The molecular weight excluding hydrogens is 294 g/mol. The second kappa shape index (κ2) is 7.09. The number of rotatable bonds is 6. The standard InChI is InChI=1S/C17H21N3O3/c1-11(2)13-10-15(20(3)19-13)16(21)18-14(17(22)23)9-12-7-5-4-6-8-12/h4-8,10-11,14H,9H2,1-3H3,(H,18,21)(H,22,23). The van der Waals surface area contributed by atoms with Crippen molar-refractivity contribution in [3.05, 3.63) is 53.3 Å². The number of carbonyl (C=O) groups excluding carboxylic acids is 1. The average Bonchev–Trinajstić information content (AvgIpc) is 2.90. The van der Waals surface area contributed by atoms with Gasteiger partial charge in [-0.1, -0.05) is 44.2 Å². The van der Waals surface area contributed by atoms with E-state index in [1.54, 1.807) is 13.1 Å². The topological polar surface area (TPSA) is 84.2 Å². The van der Waals surface area contributed by atoms with Crippen molar-refractivity contribution in [2.75, 3.05) is 0 Å². The number of benzene rings is 1. The molecule has 2 aromatic rings. The van der Waals surface area contributed by atoms with Crippen LogP contribution in [0.15, 0.2) is 36.4 Å². The van der Waals surface area contributed by atoms with Gasteiger partial charge in [-0.2, -0.15) is 5.10 Å². The Bertz CT molecular complexity index is 692. The maximum atomic E-state index is 12.4. The number of carboxylic acid groups (broad SMARTS) is 1. The summed E-state index contributed by atoms with van der Waals surface area (Å²) in [4.78, 5) is 23.8. The molecular formula is C17H21N3O3. The van der Waals surface area contributed by atoms with E-state index in [9.17, 15) is 14.7 Å². The summed E-state index contributed by atoms with van der Waals surface area (Å²) in [7, 11) is 1.67. The van der Waals surface area contributed by atoms with Gasteiger partial charge in [-0.15, -0.1) is 0 Å². The average molecular weight is 315 g/mol. The fourth-order valence-electron chi connectivity index (χ4n) is 2.27. The number of aryl methyl sites for hydroxylation is 1. The Labute approximate surface area is 135 Å². The van der Waals surface area contributed by atoms with Crippen molar-refractivity contribution in [1.29, 1.82) is 0 Å². The Hall–Kier alpha value is -2.63. The maximum absolute atomic E-state index is 12.4. The van der Waals surface area contributed by atoms with Crippen LogP contribution in [-0.4, -0.2) is 32.8 Å². The van der Waals surface area contributed by atoms with E-state index in [1.807, 2.05) is 44.2 Å². The van der Waals surface area contributed by atoms with Gasteiger partial charge >= 0.3 is 5.97 Å². The Morgan fingerprint density at radius 3 is 2.43 bits per heavy atom. The molecule has 1 unspecified atom stereocenters. The number of amides is 1. The first-order valence-electron chi connectivity index (χ1n) is 7.50. The number of carbonyl (C=O) groups is 2. The van der Waals surface area contributed by atoms with Crippen LogP contribution < -0.4 is 5.32 Å². The molecule has 0 fully saturated rings. The number of carboxylic acids is 1. The molecule has 1 heterocycles. The zero-order valence-corrected chi connectivity index (χ0v) is 13.5. The summed E-state index contributed by atoms with van der Waals surface area (Å²) in [5.41, 5.74) is 2.01. The van der Waals surface area contributed by atoms with E-state index in [0.29, 0.717) is 5.69 Å². The molecule has 0 bridgehead atoms. The lowest BCUT2D eigenvalue weighted by Crippen LogP contribution is -2.42. The number of hydrogen-bond acceptors (Lipinski definition) is 3. The van der Waals surface area contributed by atoms with Gasteiger partial charge in [0.25, 0.3) is 5.91 Å². The number of nitrogens with zero attached hydrogens (tertiary/aromatic N) is 2. The van der Waals surface area contributed by atoms with Crippen molar-refractivity contribution >= 4 is 11.9 Å². The molecule has 0 aliphatic carbocycles. The van der Waals surface area contributed by atoms with Crippen LogP contribution in [0.5, 0.6) is 0 Å². The lowest BCUT2D eigenvalue weighted by atomic mass is 10.1. The molecule has 0 saturated heterocycles. The molecule has 1 aromatic carbocycles. The van der Waals surface area contributed by atoms with Crippen LogP contribution in [0.3, 0.4) is 0 Å². The first-order valence-corrected chi connectivity index (χ1v) is 7.50. The highest BCUT2D eigenvalue weighted by molar-refractivity contribution is 5.95. The molecule has 1 atom stereocenters. The summed E-state index contributed by atoms with van der Waals surface area (Å²) in [6.45, 7) is 3.97. The van der Waals surface area contributed by atoms with E-state index in [0.717, 1.165) is 11.3 Å². The third-order valence-electron chi connectivity index (χ3n) is 3.61. The smallest absolute Gasteiger partial charge is 0.326 e. The summed E-state index contributed by atoms with van der Waals surface area (Å²) in [5, 5.41) is 16.2. The Kier molecular flexibility index (Phi) is 5.16. The van der Waals surface area contributed by atoms with Crippen LogP contribution in [0.4, 0.5) is 0 Å². The molecule has 23 heavy (non-hydrogen) atoms. The Morgan fingerprint density at radius 1 is 1.26 bits per heavy atom. The predicted molar refractivity (Wildman–Crippen MR) is 86.3 cm³/mol. The van der Waals surface area contributed by atoms with E-state index >= 15 is 0 Å². The van der Waals surface area contributed by atoms with Crippen molar-refractivity contribution in [2.45, 2.75) is 32.2 Å². The van der Waals surface area contributed by atoms with E-state index in [4.69, 9.17) is 0 Å². The third kappa shape index (κ3) is 4.18. The van der Waals surface area contributed by atoms with Gasteiger partial charge < -0.3 is 10.4 Å².